The van der Waals surface area contributed by atoms with Gasteiger partial charge in [-0.3, -0.25) is 4.79 Å². The van der Waals surface area contributed by atoms with Crippen LogP contribution in [0.1, 0.15) is 58.3 Å². The average molecular weight is 253 g/mol. The van der Waals surface area contributed by atoms with E-state index in [9.17, 15) is 4.79 Å². The highest BCUT2D eigenvalue weighted by molar-refractivity contribution is 5.83. The summed E-state index contributed by atoms with van der Waals surface area (Å²) in [6.45, 7) is 3.41. The van der Waals surface area contributed by atoms with Gasteiger partial charge in [-0.2, -0.15) is 0 Å². The first kappa shape index (κ1) is 14.0. The number of nitrogens with two attached hydrogens (primary N) is 1. The van der Waals surface area contributed by atoms with Crippen molar-refractivity contribution in [1.82, 2.24) is 0 Å². The number of ketones is 1. The summed E-state index contributed by atoms with van der Waals surface area (Å²) in [5.41, 5.74) is 5.60. The third kappa shape index (κ3) is 3.12. The van der Waals surface area contributed by atoms with Gasteiger partial charge in [0.25, 0.3) is 0 Å². The van der Waals surface area contributed by atoms with Crippen LogP contribution in [0.15, 0.2) is 0 Å². The second-order valence-corrected chi connectivity index (χ2v) is 6.16. The maximum Gasteiger partial charge on any atom is 0.139 e. The summed E-state index contributed by atoms with van der Waals surface area (Å²) in [6.07, 6.45) is 8.86. The van der Waals surface area contributed by atoms with Gasteiger partial charge in [-0.15, -0.1) is 0 Å². The Hall–Kier alpha value is -0.410. The summed E-state index contributed by atoms with van der Waals surface area (Å²) in [5, 5.41) is 0. The molecule has 2 atom stereocenters. The monoisotopic (exact) mass is 253 g/mol. The summed E-state index contributed by atoms with van der Waals surface area (Å²) in [7, 11) is 0. The van der Waals surface area contributed by atoms with Gasteiger partial charge in [0.1, 0.15) is 5.78 Å². The topological polar surface area (TPSA) is 52.3 Å². The predicted octanol–water partition coefficient (Wildman–Crippen LogP) is 2.67. The first-order chi connectivity index (χ1) is 8.67. The van der Waals surface area contributed by atoms with Gasteiger partial charge in [0.2, 0.25) is 0 Å². The highest BCUT2D eigenvalue weighted by Crippen LogP contribution is 2.41. The van der Waals surface area contributed by atoms with E-state index in [0.29, 0.717) is 12.3 Å². The van der Waals surface area contributed by atoms with Gasteiger partial charge < -0.3 is 10.5 Å². The van der Waals surface area contributed by atoms with Gasteiger partial charge in [0.15, 0.2) is 0 Å². The SMILES string of the molecule is CC(CCN)C(=O)C1CCOC2(CCCCC2)C1. The maximum absolute atomic E-state index is 12.4. The molecule has 104 valence electrons. The van der Waals surface area contributed by atoms with E-state index in [2.05, 4.69) is 0 Å². The Morgan fingerprint density at radius 2 is 2.11 bits per heavy atom. The second-order valence-electron chi connectivity index (χ2n) is 6.16. The number of carbonyl (C=O) groups excluding carboxylic acids is 1. The molecule has 1 saturated heterocycles. The molecule has 2 fully saturated rings. The van der Waals surface area contributed by atoms with Crippen molar-refractivity contribution in [2.24, 2.45) is 17.6 Å². The van der Waals surface area contributed by atoms with Gasteiger partial charge in [-0.05, 0) is 38.6 Å². The minimum absolute atomic E-state index is 0.0409. The lowest BCUT2D eigenvalue weighted by Gasteiger charge is -2.43. The molecule has 2 rings (SSSR count). The number of hydrogen-bond donors (Lipinski definition) is 1. The lowest BCUT2D eigenvalue weighted by atomic mass is 9.73. The van der Waals surface area contributed by atoms with E-state index in [1.54, 1.807) is 0 Å². The van der Waals surface area contributed by atoms with Crippen LogP contribution in [-0.4, -0.2) is 24.5 Å². The van der Waals surface area contributed by atoms with E-state index < -0.39 is 0 Å². The molecule has 3 heteroatoms. The summed E-state index contributed by atoms with van der Waals surface area (Å²) in [6, 6.07) is 0. The smallest absolute Gasteiger partial charge is 0.139 e. The molecule has 3 nitrogen and oxygen atoms in total. The lowest BCUT2D eigenvalue weighted by molar-refractivity contribution is -0.145. The molecule has 1 spiro atoms. The molecular weight excluding hydrogens is 226 g/mol. The molecule has 1 aliphatic carbocycles. The Balaban J connectivity index is 1.95. The number of rotatable bonds is 4. The molecule has 0 bridgehead atoms. The van der Waals surface area contributed by atoms with Crippen LogP contribution in [0.5, 0.6) is 0 Å². The van der Waals surface area contributed by atoms with Crippen LogP contribution >= 0.6 is 0 Å². The summed E-state index contributed by atoms with van der Waals surface area (Å²) in [4.78, 5) is 12.4. The van der Waals surface area contributed by atoms with E-state index in [1.807, 2.05) is 6.92 Å². The van der Waals surface area contributed by atoms with Crippen LogP contribution in [0.3, 0.4) is 0 Å². The Bertz CT molecular complexity index is 279. The van der Waals surface area contributed by atoms with Crippen molar-refractivity contribution >= 4 is 5.78 Å². The standard InChI is InChI=1S/C15H27NO2/c1-12(5-9-16)14(17)13-6-10-18-15(11-13)7-3-2-4-8-15/h12-13H,2-11,16H2,1H3. The fourth-order valence-corrected chi connectivity index (χ4v) is 3.61. The van der Waals surface area contributed by atoms with Gasteiger partial charge in [-0.1, -0.05) is 26.2 Å². The van der Waals surface area contributed by atoms with Crippen molar-refractivity contribution in [3.63, 3.8) is 0 Å². The van der Waals surface area contributed by atoms with Gasteiger partial charge >= 0.3 is 0 Å². The lowest BCUT2D eigenvalue weighted by Crippen LogP contribution is -2.44. The van der Waals surface area contributed by atoms with Gasteiger partial charge in [0, 0.05) is 18.4 Å². The molecule has 2 unspecified atom stereocenters. The van der Waals surface area contributed by atoms with Crippen molar-refractivity contribution in [2.75, 3.05) is 13.2 Å². The normalized spacial score (nSPS) is 29.1. The van der Waals surface area contributed by atoms with Crippen LogP contribution < -0.4 is 5.73 Å². The molecule has 1 aliphatic heterocycles. The van der Waals surface area contributed by atoms with E-state index in [4.69, 9.17) is 10.5 Å². The third-order valence-corrected chi connectivity index (χ3v) is 4.75. The van der Waals surface area contributed by atoms with Gasteiger partial charge in [-0.25, -0.2) is 0 Å². The number of hydrogen-bond acceptors (Lipinski definition) is 3. The Morgan fingerprint density at radius 3 is 2.78 bits per heavy atom. The fraction of sp³-hybridized carbons (Fsp3) is 0.933. The van der Waals surface area contributed by atoms with Crippen molar-refractivity contribution in [1.29, 1.82) is 0 Å². The molecule has 0 radical (unpaired) electrons. The van der Waals surface area contributed by atoms with Crippen molar-refractivity contribution in [3.8, 4) is 0 Å². The van der Waals surface area contributed by atoms with Crippen molar-refractivity contribution in [3.05, 3.63) is 0 Å². The summed E-state index contributed by atoms with van der Waals surface area (Å²) < 4.78 is 6.05. The number of carbonyl (C=O) groups is 1. The number of Topliss-reactive ketones (excluding diaryl/α,β-unsaturated/α-hetero) is 1. The molecule has 0 amide bonds. The van der Waals surface area contributed by atoms with E-state index in [1.165, 1.54) is 19.3 Å². The minimum Gasteiger partial charge on any atom is -0.375 e. The third-order valence-electron chi connectivity index (χ3n) is 4.75. The molecule has 2 aliphatic rings. The highest BCUT2D eigenvalue weighted by Gasteiger charge is 2.41. The highest BCUT2D eigenvalue weighted by atomic mass is 16.5. The second kappa shape index (κ2) is 6.16. The van der Waals surface area contributed by atoms with E-state index >= 15 is 0 Å². The maximum atomic E-state index is 12.4. The Kier molecular flexibility index (Phi) is 4.79. The zero-order valence-corrected chi connectivity index (χ0v) is 11.6. The fourth-order valence-electron chi connectivity index (χ4n) is 3.61. The summed E-state index contributed by atoms with van der Waals surface area (Å²) in [5.74, 6) is 0.769. The zero-order chi connectivity index (χ0) is 13.0. The first-order valence-electron chi connectivity index (χ1n) is 7.55. The van der Waals surface area contributed by atoms with Crippen LogP contribution in [-0.2, 0) is 9.53 Å². The Labute approximate surface area is 110 Å². The van der Waals surface area contributed by atoms with Crippen LogP contribution in [0.2, 0.25) is 0 Å². The van der Waals surface area contributed by atoms with Crippen molar-refractivity contribution in [2.45, 2.75) is 63.9 Å². The molecule has 0 aromatic rings. The molecule has 2 N–H and O–H groups in total. The van der Waals surface area contributed by atoms with Crippen LogP contribution in [0.4, 0.5) is 0 Å². The quantitative estimate of drug-likeness (QED) is 0.838. The molecule has 0 aromatic heterocycles. The van der Waals surface area contributed by atoms with Crippen LogP contribution in [0.25, 0.3) is 0 Å². The average Bonchev–Trinajstić information content (AvgIpc) is 2.39. The molecule has 1 saturated carbocycles. The van der Waals surface area contributed by atoms with Crippen molar-refractivity contribution < 1.29 is 9.53 Å². The predicted molar refractivity (Wildman–Crippen MR) is 72.3 cm³/mol. The van der Waals surface area contributed by atoms with E-state index in [0.717, 1.165) is 38.7 Å². The summed E-state index contributed by atoms with van der Waals surface area (Å²) >= 11 is 0. The first-order valence-corrected chi connectivity index (χ1v) is 7.55. The molecule has 0 aromatic carbocycles. The molecule has 1 heterocycles. The van der Waals surface area contributed by atoms with Gasteiger partial charge in [0.05, 0.1) is 5.60 Å². The number of ether oxygens (including phenoxy) is 1. The Morgan fingerprint density at radius 1 is 1.39 bits per heavy atom. The van der Waals surface area contributed by atoms with Crippen LogP contribution in [0, 0.1) is 11.8 Å². The van der Waals surface area contributed by atoms with E-state index in [-0.39, 0.29) is 17.4 Å². The minimum atomic E-state index is 0.0409. The zero-order valence-electron chi connectivity index (χ0n) is 11.6. The molecule has 18 heavy (non-hydrogen) atoms. The largest absolute Gasteiger partial charge is 0.375 e. The molecular formula is C15H27NO2.